The maximum Gasteiger partial charge on any atom is 0.311 e. The predicted molar refractivity (Wildman–Crippen MR) is 89.4 cm³/mol. The molecule has 3 saturated heterocycles. The highest BCUT2D eigenvalue weighted by atomic mass is 16.6. The minimum Gasteiger partial charge on any atom is -0.459 e. The number of esters is 1. The monoisotopic (exact) mass is 335 g/mol. The normalized spacial score (nSPS) is 48.2. The summed E-state index contributed by atoms with van der Waals surface area (Å²) < 4.78 is 11.8. The van der Waals surface area contributed by atoms with Crippen molar-refractivity contribution in [2.75, 3.05) is 19.6 Å². The number of rotatable bonds is 2. The summed E-state index contributed by atoms with van der Waals surface area (Å²) in [6.07, 6.45) is 6.27. The predicted octanol–water partition coefficient (Wildman–Crippen LogP) is 1.89. The third-order valence-corrected chi connectivity index (χ3v) is 6.51. The molecule has 0 aromatic heterocycles. The lowest BCUT2D eigenvalue weighted by atomic mass is 9.79. The fraction of sp³-hybridized carbons (Fsp3) is 0.842. The van der Waals surface area contributed by atoms with Crippen LogP contribution in [0.4, 0.5) is 0 Å². The van der Waals surface area contributed by atoms with E-state index in [0.29, 0.717) is 6.42 Å². The smallest absolute Gasteiger partial charge is 0.311 e. The van der Waals surface area contributed by atoms with Crippen LogP contribution in [-0.4, -0.2) is 59.5 Å². The molecular formula is C19H29NO4. The molecule has 134 valence electrons. The summed E-state index contributed by atoms with van der Waals surface area (Å²) in [7, 11) is 0. The van der Waals surface area contributed by atoms with E-state index < -0.39 is 6.10 Å². The van der Waals surface area contributed by atoms with Crippen molar-refractivity contribution in [2.45, 2.75) is 69.9 Å². The van der Waals surface area contributed by atoms with Gasteiger partial charge in [-0.15, -0.1) is 0 Å². The number of aliphatic hydroxyl groups is 1. The number of epoxide rings is 1. The van der Waals surface area contributed by atoms with Crippen molar-refractivity contribution >= 4 is 5.97 Å². The number of aliphatic hydroxyl groups excluding tert-OH is 1. The Balaban J connectivity index is 1.58. The molecule has 0 aromatic carbocycles. The van der Waals surface area contributed by atoms with Crippen molar-refractivity contribution in [3.05, 3.63) is 11.6 Å². The Morgan fingerprint density at radius 2 is 2.12 bits per heavy atom. The fourth-order valence-electron chi connectivity index (χ4n) is 4.79. The Hall–Kier alpha value is -0.910. The second-order valence-electron chi connectivity index (χ2n) is 8.27. The number of hydrogen-bond donors (Lipinski definition) is 1. The van der Waals surface area contributed by atoms with Crippen molar-refractivity contribution in [3.63, 3.8) is 0 Å². The maximum absolute atomic E-state index is 12.6. The quantitative estimate of drug-likeness (QED) is 0.474. The number of allylic oxidation sites excluding steroid dienone is 1. The molecule has 1 N–H and O–H groups in total. The largest absolute Gasteiger partial charge is 0.459 e. The third-order valence-electron chi connectivity index (χ3n) is 6.51. The summed E-state index contributed by atoms with van der Waals surface area (Å²) in [5.74, 6) is -0.187. The van der Waals surface area contributed by atoms with E-state index in [2.05, 4.69) is 17.9 Å². The summed E-state index contributed by atoms with van der Waals surface area (Å²) in [6.45, 7) is 7.01. The van der Waals surface area contributed by atoms with Crippen LogP contribution in [0, 0.1) is 11.8 Å². The van der Waals surface area contributed by atoms with E-state index in [1.54, 1.807) is 0 Å². The van der Waals surface area contributed by atoms with Crippen LogP contribution in [0.15, 0.2) is 11.6 Å². The molecule has 5 nitrogen and oxygen atoms in total. The lowest BCUT2D eigenvalue weighted by molar-refractivity contribution is -0.145. The van der Waals surface area contributed by atoms with Gasteiger partial charge >= 0.3 is 5.97 Å². The zero-order chi connectivity index (χ0) is 16.9. The summed E-state index contributed by atoms with van der Waals surface area (Å²) in [6, 6.07) is 0. The van der Waals surface area contributed by atoms with Crippen LogP contribution in [0.3, 0.4) is 0 Å². The second-order valence-corrected chi connectivity index (χ2v) is 8.27. The van der Waals surface area contributed by atoms with E-state index in [0.717, 1.165) is 38.0 Å². The molecular weight excluding hydrogens is 306 g/mol. The Morgan fingerprint density at radius 3 is 2.88 bits per heavy atom. The van der Waals surface area contributed by atoms with Crippen molar-refractivity contribution in [3.8, 4) is 0 Å². The van der Waals surface area contributed by atoms with E-state index in [1.165, 1.54) is 12.8 Å². The Morgan fingerprint density at radius 1 is 1.38 bits per heavy atom. The minimum atomic E-state index is -0.490. The first-order valence-corrected chi connectivity index (χ1v) is 9.43. The maximum atomic E-state index is 12.6. The van der Waals surface area contributed by atoms with E-state index in [4.69, 9.17) is 9.47 Å². The topological polar surface area (TPSA) is 62.3 Å². The molecule has 0 aromatic rings. The summed E-state index contributed by atoms with van der Waals surface area (Å²) >= 11 is 0. The molecule has 0 bridgehead atoms. The number of carbonyl (C=O) groups is 1. The molecule has 3 aliphatic heterocycles. The molecule has 0 radical (unpaired) electrons. The number of hydrogen-bond acceptors (Lipinski definition) is 5. The van der Waals surface area contributed by atoms with E-state index in [-0.39, 0.29) is 35.6 Å². The van der Waals surface area contributed by atoms with Crippen LogP contribution in [0.2, 0.25) is 0 Å². The molecule has 3 heterocycles. The van der Waals surface area contributed by atoms with Crippen LogP contribution < -0.4 is 0 Å². The molecule has 5 heteroatoms. The van der Waals surface area contributed by atoms with Crippen molar-refractivity contribution in [1.82, 2.24) is 4.90 Å². The number of fused-ring (bicyclic) bond motifs is 3. The van der Waals surface area contributed by atoms with Gasteiger partial charge in [0.1, 0.15) is 12.2 Å². The highest BCUT2D eigenvalue weighted by molar-refractivity contribution is 5.76. The van der Waals surface area contributed by atoms with Crippen LogP contribution in [0.5, 0.6) is 0 Å². The number of carbonyl (C=O) groups excluding carboxylic acids is 1. The molecule has 6 atom stereocenters. The van der Waals surface area contributed by atoms with Gasteiger partial charge in [-0.05, 0) is 64.6 Å². The van der Waals surface area contributed by atoms with Gasteiger partial charge in [-0.3, -0.25) is 4.79 Å². The standard InChI is InChI=1S/C19H29NO4/c1-12-6-5-7-19(2)17(24-19)16-13(10-15(12)21)14(18(22)23-16)11-20-8-3-4-9-20/h6,13-17,21H,3-5,7-11H2,1-2H3/b12-6+/t13-,14-,15+,16-,17+,19+/m1/s1. The van der Waals surface area contributed by atoms with Crippen LogP contribution in [-0.2, 0) is 14.3 Å². The Labute approximate surface area is 144 Å². The lowest BCUT2D eigenvalue weighted by Crippen LogP contribution is -2.37. The number of ether oxygens (including phenoxy) is 2. The van der Waals surface area contributed by atoms with Crippen molar-refractivity contribution in [2.24, 2.45) is 11.8 Å². The minimum absolute atomic E-state index is 0.00552. The first-order valence-electron chi connectivity index (χ1n) is 9.43. The fourth-order valence-corrected chi connectivity index (χ4v) is 4.79. The lowest BCUT2D eigenvalue weighted by Gasteiger charge is -2.27. The van der Waals surface area contributed by atoms with E-state index in [9.17, 15) is 9.90 Å². The van der Waals surface area contributed by atoms with Crippen molar-refractivity contribution in [1.29, 1.82) is 0 Å². The van der Waals surface area contributed by atoms with Gasteiger partial charge in [0, 0.05) is 12.5 Å². The van der Waals surface area contributed by atoms with Crippen LogP contribution >= 0.6 is 0 Å². The number of likely N-dealkylation sites (tertiary alicyclic amines) is 1. The van der Waals surface area contributed by atoms with Gasteiger partial charge in [0.2, 0.25) is 0 Å². The second kappa shape index (κ2) is 6.11. The first-order chi connectivity index (χ1) is 11.5. The first kappa shape index (κ1) is 16.6. The summed E-state index contributed by atoms with van der Waals surface area (Å²) in [5.41, 5.74) is 0.834. The Bertz CT molecular complexity index is 541. The average molecular weight is 335 g/mol. The molecule has 4 aliphatic rings. The van der Waals surface area contributed by atoms with E-state index >= 15 is 0 Å². The SMILES string of the molecule is C/C1=C\CC[C@]2(C)O[C@H]2[C@@H]2OC(=O)[C@H](CN3CCCC3)[C@H]2C[C@@H]1O. The molecule has 0 saturated carbocycles. The van der Waals surface area contributed by atoms with Gasteiger partial charge in [0.05, 0.1) is 17.6 Å². The van der Waals surface area contributed by atoms with Gasteiger partial charge in [-0.2, -0.15) is 0 Å². The van der Waals surface area contributed by atoms with Gasteiger partial charge < -0.3 is 19.5 Å². The highest BCUT2D eigenvalue weighted by Crippen LogP contribution is 2.50. The van der Waals surface area contributed by atoms with Gasteiger partial charge in [0.25, 0.3) is 0 Å². The average Bonchev–Trinajstić information content (AvgIpc) is 2.88. The van der Waals surface area contributed by atoms with Crippen LogP contribution in [0.1, 0.15) is 46.0 Å². The molecule has 0 spiro atoms. The summed E-state index contributed by atoms with van der Waals surface area (Å²) in [4.78, 5) is 15.0. The molecule has 4 rings (SSSR count). The Kier molecular flexibility index (Phi) is 4.22. The van der Waals surface area contributed by atoms with Gasteiger partial charge in [-0.1, -0.05) is 6.08 Å². The van der Waals surface area contributed by atoms with Gasteiger partial charge in [0.15, 0.2) is 0 Å². The molecule has 3 fully saturated rings. The van der Waals surface area contributed by atoms with Gasteiger partial charge in [-0.25, -0.2) is 0 Å². The highest BCUT2D eigenvalue weighted by Gasteiger charge is 2.63. The van der Waals surface area contributed by atoms with Crippen LogP contribution in [0.25, 0.3) is 0 Å². The molecule has 0 unspecified atom stereocenters. The summed E-state index contributed by atoms with van der Waals surface area (Å²) in [5, 5.41) is 10.6. The van der Waals surface area contributed by atoms with E-state index in [1.807, 2.05) is 6.92 Å². The number of nitrogens with zero attached hydrogens (tertiary/aromatic N) is 1. The van der Waals surface area contributed by atoms with Crippen molar-refractivity contribution < 1.29 is 19.4 Å². The molecule has 0 amide bonds. The molecule has 1 aliphatic carbocycles. The zero-order valence-electron chi connectivity index (χ0n) is 14.7. The molecule has 24 heavy (non-hydrogen) atoms. The zero-order valence-corrected chi connectivity index (χ0v) is 14.7. The third kappa shape index (κ3) is 2.91.